The minimum atomic E-state index is -0.896. The summed E-state index contributed by atoms with van der Waals surface area (Å²) >= 11 is 0. The third-order valence-electron chi connectivity index (χ3n) is 1.95. The molecule has 0 aromatic rings. The molecule has 0 aliphatic heterocycles. The van der Waals surface area contributed by atoms with Gasteiger partial charge in [-0.1, -0.05) is 6.58 Å². The lowest BCUT2D eigenvalue weighted by Crippen LogP contribution is -2.27. The lowest BCUT2D eigenvalue weighted by molar-refractivity contribution is -0.132. The molecule has 0 unspecified atom stereocenters. The molecule has 0 radical (unpaired) electrons. The van der Waals surface area contributed by atoms with Crippen molar-refractivity contribution in [3.8, 4) is 0 Å². The van der Waals surface area contributed by atoms with Gasteiger partial charge >= 0.3 is 5.97 Å². The van der Waals surface area contributed by atoms with Gasteiger partial charge in [0.05, 0.1) is 0 Å². The maximum Gasteiger partial charge on any atom is 0.331 e. The third kappa shape index (κ3) is 4.13. The van der Waals surface area contributed by atoms with E-state index >= 15 is 0 Å². The first-order valence-electron chi connectivity index (χ1n) is 4.06. The molecule has 0 atom stereocenters. The van der Waals surface area contributed by atoms with Gasteiger partial charge in [0, 0.05) is 18.2 Å². The van der Waals surface area contributed by atoms with E-state index in [-0.39, 0.29) is 5.57 Å². The highest BCUT2D eigenvalue weighted by molar-refractivity contribution is 5.85. The molecule has 0 fully saturated rings. The molecule has 70 valence electrons. The summed E-state index contributed by atoms with van der Waals surface area (Å²) in [6.07, 6.45) is 0.532. The summed E-state index contributed by atoms with van der Waals surface area (Å²) in [5.41, 5.74) is 0.280. The minimum Gasteiger partial charge on any atom is -0.478 e. The molecule has 0 aliphatic rings. The maximum atomic E-state index is 10.4. The number of hydrogen-bond acceptors (Lipinski definition) is 2. The Balaban J connectivity index is 3.69. The molecule has 0 spiro atoms. The zero-order valence-electron chi connectivity index (χ0n) is 8.00. The van der Waals surface area contributed by atoms with Crippen LogP contribution in [0.2, 0.25) is 0 Å². The van der Waals surface area contributed by atoms with E-state index in [9.17, 15) is 4.79 Å². The van der Waals surface area contributed by atoms with E-state index in [0.29, 0.717) is 12.5 Å². The van der Waals surface area contributed by atoms with Crippen LogP contribution in [0.5, 0.6) is 0 Å². The Morgan fingerprint density at radius 1 is 1.58 bits per heavy atom. The van der Waals surface area contributed by atoms with Crippen molar-refractivity contribution in [3.63, 3.8) is 0 Å². The van der Waals surface area contributed by atoms with Crippen molar-refractivity contribution in [1.82, 2.24) is 4.90 Å². The van der Waals surface area contributed by atoms with Gasteiger partial charge in [-0.25, -0.2) is 4.79 Å². The number of aliphatic carboxylic acids is 1. The number of hydrogen-bond donors (Lipinski definition) is 1. The molecule has 0 aromatic carbocycles. The Labute approximate surface area is 73.7 Å². The normalized spacial score (nSPS) is 10.8. The zero-order chi connectivity index (χ0) is 9.72. The molecule has 0 bridgehead atoms. The fourth-order valence-electron chi connectivity index (χ4n) is 0.676. The molecule has 1 N–H and O–H groups in total. The monoisotopic (exact) mass is 171 g/mol. The van der Waals surface area contributed by atoms with Gasteiger partial charge in [-0.15, -0.1) is 0 Å². The van der Waals surface area contributed by atoms with Gasteiger partial charge in [0.15, 0.2) is 0 Å². The predicted octanol–water partition coefficient (Wildman–Crippen LogP) is 1.36. The van der Waals surface area contributed by atoms with Gasteiger partial charge in [0.2, 0.25) is 0 Å². The van der Waals surface area contributed by atoms with E-state index < -0.39 is 5.97 Å². The van der Waals surface area contributed by atoms with E-state index in [0.717, 1.165) is 6.54 Å². The van der Waals surface area contributed by atoms with Crippen LogP contribution < -0.4 is 0 Å². The number of carboxylic acid groups (broad SMARTS) is 1. The van der Waals surface area contributed by atoms with Crippen molar-refractivity contribution in [1.29, 1.82) is 0 Å². The van der Waals surface area contributed by atoms with Crippen molar-refractivity contribution < 1.29 is 9.90 Å². The van der Waals surface area contributed by atoms with Crippen LogP contribution in [0, 0.1) is 0 Å². The highest BCUT2D eigenvalue weighted by Crippen LogP contribution is 2.01. The number of carbonyl (C=O) groups is 1. The lowest BCUT2D eigenvalue weighted by Gasteiger charge is -2.20. The molecule has 3 nitrogen and oxygen atoms in total. The second-order valence-corrected chi connectivity index (χ2v) is 3.23. The number of carboxylic acids is 1. The first-order chi connectivity index (χ1) is 5.45. The molecule has 3 heteroatoms. The molecule has 0 heterocycles. The Hall–Kier alpha value is -0.830. The summed E-state index contributed by atoms with van der Waals surface area (Å²) in [6.45, 7) is 8.36. The van der Waals surface area contributed by atoms with Crippen LogP contribution in [0.4, 0.5) is 0 Å². The first-order valence-corrected chi connectivity index (χ1v) is 4.06. The Morgan fingerprint density at radius 3 is 2.42 bits per heavy atom. The van der Waals surface area contributed by atoms with Crippen LogP contribution in [-0.4, -0.2) is 35.6 Å². The van der Waals surface area contributed by atoms with E-state index in [1.54, 1.807) is 0 Å². The SMILES string of the molecule is C=C(CCN(C)C(C)C)C(=O)O. The molecule has 0 rings (SSSR count). The molecular formula is C9H17NO2. The third-order valence-corrected chi connectivity index (χ3v) is 1.95. The number of nitrogens with zero attached hydrogens (tertiary/aromatic N) is 1. The van der Waals surface area contributed by atoms with Crippen LogP contribution in [0.1, 0.15) is 20.3 Å². The fraction of sp³-hybridized carbons (Fsp3) is 0.667. The topological polar surface area (TPSA) is 40.5 Å². The van der Waals surface area contributed by atoms with Crippen LogP contribution in [0.15, 0.2) is 12.2 Å². The second-order valence-electron chi connectivity index (χ2n) is 3.23. The molecule has 0 aromatic heterocycles. The van der Waals surface area contributed by atoms with Crippen molar-refractivity contribution in [2.45, 2.75) is 26.3 Å². The summed E-state index contributed by atoms with van der Waals surface area (Å²) in [4.78, 5) is 12.5. The van der Waals surface area contributed by atoms with Gasteiger partial charge in [-0.2, -0.15) is 0 Å². The molecule has 0 aliphatic carbocycles. The Bertz CT molecular complexity index is 175. The van der Waals surface area contributed by atoms with Crippen molar-refractivity contribution in [2.75, 3.05) is 13.6 Å². The minimum absolute atomic E-state index is 0.280. The van der Waals surface area contributed by atoms with Crippen molar-refractivity contribution in [2.24, 2.45) is 0 Å². The van der Waals surface area contributed by atoms with Crippen molar-refractivity contribution in [3.05, 3.63) is 12.2 Å². The highest BCUT2D eigenvalue weighted by Gasteiger charge is 2.07. The fourth-order valence-corrected chi connectivity index (χ4v) is 0.676. The summed E-state index contributed by atoms with van der Waals surface area (Å²) in [5.74, 6) is -0.896. The Kier molecular flexibility index (Phi) is 4.59. The maximum absolute atomic E-state index is 10.4. The first kappa shape index (κ1) is 11.2. The van der Waals surface area contributed by atoms with Gasteiger partial charge in [0.1, 0.15) is 0 Å². The average Bonchev–Trinajstić information content (AvgIpc) is 1.98. The van der Waals surface area contributed by atoms with Gasteiger partial charge in [0.25, 0.3) is 0 Å². The Morgan fingerprint density at radius 2 is 2.08 bits per heavy atom. The standard InChI is InChI=1S/C9H17NO2/c1-7(2)10(4)6-5-8(3)9(11)12/h7H,3,5-6H2,1-2,4H3,(H,11,12). The van der Waals surface area contributed by atoms with Crippen LogP contribution in [0.3, 0.4) is 0 Å². The second kappa shape index (κ2) is 4.93. The molecule has 0 saturated heterocycles. The summed E-state index contributed by atoms with van der Waals surface area (Å²) in [7, 11) is 1.97. The largest absolute Gasteiger partial charge is 0.478 e. The van der Waals surface area contributed by atoms with E-state index in [2.05, 4.69) is 25.3 Å². The van der Waals surface area contributed by atoms with Gasteiger partial charge < -0.3 is 10.0 Å². The highest BCUT2D eigenvalue weighted by atomic mass is 16.4. The summed E-state index contributed by atoms with van der Waals surface area (Å²) in [5, 5.41) is 8.52. The lowest BCUT2D eigenvalue weighted by atomic mass is 10.2. The van der Waals surface area contributed by atoms with Crippen molar-refractivity contribution >= 4 is 5.97 Å². The summed E-state index contributed by atoms with van der Waals surface area (Å²) in [6, 6.07) is 0.451. The van der Waals surface area contributed by atoms with Crippen LogP contribution in [-0.2, 0) is 4.79 Å². The number of rotatable bonds is 5. The quantitative estimate of drug-likeness (QED) is 0.635. The van der Waals surface area contributed by atoms with Crippen LogP contribution in [0.25, 0.3) is 0 Å². The van der Waals surface area contributed by atoms with Crippen LogP contribution >= 0.6 is 0 Å². The zero-order valence-corrected chi connectivity index (χ0v) is 8.00. The van der Waals surface area contributed by atoms with E-state index in [1.807, 2.05) is 7.05 Å². The van der Waals surface area contributed by atoms with E-state index in [1.165, 1.54) is 0 Å². The van der Waals surface area contributed by atoms with Gasteiger partial charge in [-0.3, -0.25) is 0 Å². The van der Waals surface area contributed by atoms with Gasteiger partial charge in [-0.05, 0) is 27.3 Å². The summed E-state index contributed by atoms with van der Waals surface area (Å²) < 4.78 is 0. The molecule has 12 heavy (non-hydrogen) atoms. The smallest absolute Gasteiger partial charge is 0.331 e. The molecule has 0 amide bonds. The van der Waals surface area contributed by atoms with E-state index in [4.69, 9.17) is 5.11 Å². The molecular weight excluding hydrogens is 154 g/mol. The average molecular weight is 171 g/mol. The molecule has 0 saturated carbocycles. The predicted molar refractivity (Wildman–Crippen MR) is 49.2 cm³/mol.